The summed E-state index contributed by atoms with van der Waals surface area (Å²) in [4.78, 5) is 41.2. The van der Waals surface area contributed by atoms with E-state index in [-0.39, 0.29) is 5.88 Å². The largest absolute Gasteiger partial charge is 0.347 e. The lowest BCUT2D eigenvalue weighted by atomic mass is 10.1. The summed E-state index contributed by atoms with van der Waals surface area (Å²) in [5.74, 6) is -2.89. The molecule has 0 saturated heterocycles. The molecule has 0 fully saturated rings. The quantitative estimate of drug-likeness (QED) is 0.299. The normalized spacial score (nSPS) is 16.1. The van der Waals surface area contributed by atoms with Gasteiger partial charge in [-0.2, -0.15) is 0 Å². The van der Waals surface area contributed by atoms with Crippen LogP contribution in [-0.4, -0.2) is 45.3 Å². The predicted molar refractivity (Wildman–Crippen MR) is 75.2 cm³/mol. The number of hydrogen-bond acceptors (Lipinski definition) is 4. The number of halogens is 1. The van der Waals surface area contributed by atoms with Gasteiger partial charge in [0.2, 0.25) is 11.8 Å². The van der Waals surface area contributed by atoms with Gasteiger partial charge in [-0.05, 0) is 13.3 Å². The topological polar surface area (TPSA) is 142 Å². The van der Waals surface area contributed by atoms with E-state index in [2.05, 4.69) is 10.6 Å². The van der Waals surface area contributed by atoms with Crippen LogP contribution in [0.25, 0.3) is 0 Å². The highest BCUT2D eigenvalue weighted by Gasteiger charge is 2.29. The zero-order chi connectivity index (χ0) is 15.9. The summed E-state index contributed by atoms with van der Waals surface area (Å²) in [5, 5.41) is 4.45. The molecule has 8 nitrogen and oxygen atoms in total. The third kappa shape index (κ3) is 6.67. The Hall–Kier alpha value is -0.660. The Morgan fingerprint density at radius 2 is 1.85 bits per heavy atom. The van der Waals surface area contributed by atoms with Gasteiger partial charge in [-0.3, -0.25) is 14.2 Å². The zero-order valence-electron chi connectivity index (χ0n) is 11.4. The summed E-state index contributed by atoms with van der Waals surface area (Å²) in [7, 11) is -4.44. The van der Waals surface area contributed by atoms with Crippen LogP contribution >= 0.6 is 19.2 Å². The van der Waals surface area contributed by atoms with E-state index in [0.717, 1.165) is 6.92 Å². The lowest BCUT2D eigenvalue weighted by Crippen LogP contribution is -2.53. The van der Waals surface area contributed by atoms with Crippen LogP contribution < -0.4 is 16.4 Å². The average molecular weight is 330 g/mol. The van der Waals surface area contributed by atoms with Crippen molar-refractivity contribution in [3.63, 3.8) is 0 Å². The van der Waals surface area contributed by atoms with E-state index in [0.29, 0.717) is 12.8 Å². The molecular formula is C10H21ClN3O5P. The lowest BCUT2D eigenvalue weighted by Gasteiger charge is -2.21. The van der Waals surface area contributed by atoms with E-state index in [1.165, 1.54) is 0 Å². The maximum Gasteiger partial charge on any atom is 0.347 e. The van der Waals surface area contributed by atoms with Gasteiger partial charge in [0, 0.05) is 0 Å². The van der Waals surface area contributed by atoms with E-state index in [4.69, 9.17) is 27.1 Å². The molecule has 118 valence electrons. The fourth-order valence-electron chi connectivity index (χ4n) is 1.29. The van der Waals surface area contributed by atoms with Crippen LogP contribution in [0.1, 0.15) is 26.7 Å². The second-order valence-electron chi connectivity index (χ2n) is 4.38. The summed E-state index contributed by atoms with van der Waals surface area (Å²) in [6.07, 6.45) is 1.17. The Labute approximate surface area is 122 Å². The highest BCUT2D eigenvalue weighted by molar-refractivity contribution is 7.52. The highest BCUT2D eigenvalue weighted by atomic mass is 35.5. The molecule has 0 aliphatic rings. The maximum absolute atomic E-state index is 11.8. The van der Waals surface area contributed by atoms with Crippen molar-refractivity contribution in [1.82, 2.24) is 10.6 Å². The lowest BCUT2D eigenvalue weighted by molar-refractivity contribution is -0.129. The monoisotopic (exact) mass is 329 g/mol. The summed E-state index contributed by atoms with van der Waals surface area (Å²) in [5.41, 5.74) is 5.59. The molecule has 0 saturated carbocycles. The minimum atomic E-state index is -4.44. The summed E-state index contributed by atoms with van der Waals surface area (Å²) in [6.45, 7) is 3.02. The molecule has 0 aromatic heterocycles. The van der Waals surface area contributed by atoms with E-state index in [1.54, 1.807) is 0 Å². The average Bonchev–Trinajstić information content (AvgIpc) is 2.34. The first kappa shape index (κ1) is 19.3. The zero-order valence-corrected chi connectivity index (χ0v) is 13.0. The van der Waals surface area contributed by atoms with Crippen molar-refractivity contribution in [3.05, 3.63) is 0 Å². The third-order valence-corrected chi connectivity index (χ3v) is 4.03. The minimum Gasteiger partial charge on any atom is -0.342 e. The number of hydrogen-bond donors (Lipinski definition) is 5. The Bertz CT molecular complexity index is 389. The molecule has 0 radical (unpaired) electrons. The van der Waals surface area contributed by atoms with Gasteiger partial charge in [0.1, 0.15) is 11.8 Å². The van der Waals surface area contributed by atoms with E-state index in [9.17, 15) is 14.2 Å². The molecule has 0 bridgehead atoms. The second-order valence-corrected chi connectivity index (χ2v) is 6.65. The smallest absolute Gasteiger partial charge is 0.342 e. The number of carbonyl (C=O) groups is 2. The van der Waals surface area contributed by atoms with E-state index < -0.39 is 37.3 Å². The van der Waals surface area contributed by atoms with Gasteiger partial charge >= 0.3 is 7.60 Å². The molecule has 10 heteroatoms. The van der Waals surface area contributed by atoms with Gasteiger partial charge in [0.05, 0.1) is 11.9 Å². The number of amides is 2. The van der Waals surface area contributed by atoms with Crippen LogP contribution in [0.4, 0.5) is 0 Å². The Morgan fingerprint density at radius 3 is 2.25 bits per heavy atom. The molecule has 2 unspecified atom stereocenters. The third-order valence-electron chi connectivity index (χ3n) is 2.58. The van der Waals surface area contributed by atoms with Gasteiger partial charge in [0.15, 0.2) is 0 Å². The molecule has 2 amide bonds. The van der Waals surface area contributed by atoms with Crippen LogP contribution in [0.2, 0.25) is 0 Å². The molecule has 0 aliphatic heterocycles. The van der Waals surface area contributed by atoms with Crippen molar-refractivity contribution in [2.75, 3.05) is 5.88 Å². The van der Waals surface area contributed by atoms with Gasteiger partial charge in [-0.15, -0.1) is 11.6 Å². The SMILES string of the molecule is CCCC(N)C(=O)N[C@@H](CCl)C(=O)NC(C)P(=O)(O)O. The van der Waals surface area contributed by atoms with Gasteiger partial charge in [-0.1, -0.05) is 13.3 Å². The Morgan fingerprint density at radius 1 is 1.30 bits per heavy atom. The molecule has 0 aromatic carbocycles. The first-order chi connectivity index (χ1) is 9.13. The fraction of sp³-hybridized carbons (Fsp3) is 0.800. The van der Waals surface area contributed by atoms with Crippen molar-refractivity contribution in [2.24, 2.45) is 5.73 Å². The van der Waals surface area contributed by atoms with Crippen molar-refractivity contribution in [2.45, 2.75) is 44.6 Å². The Balaban J connectivity index is 4.57. The van der Waals surface area contributed by atoms with Gasteiger partial charge < -0.3 is 26.2 Å². The second kappa shape index (κ2) is 8.59. The molecule has 6 N–H and O–H groups in total. The van der Waals surface area contributed by atoms with Gasteiger partial charge in [0.25, 0.3) is 0 Å². The standard InChI is InChI=1S/C10H21ClN3O5P/c1-3-4-7(12)9(15)14-8(5-11)10(16)13-6(2)20(17,18)19/h6-8H,3-5,12H2,1-2H3,(H,13,16)(H,14,15)(H2,17,18,19)/t6?,7?,8-/m0/s1. The predicted octanol–water partition coefficient (Wildman–Crippen LogP) is -0.523. The minimum absolute atomic E-state index is 0.232. The van der Waals surface area contributed by atoms with E-state index in [1.807, 2.05) is 6.92 Å². The molecular weight excluding hydrogens is 309 g/mol. The van der Waals surface area contributed by atoms with Crippen LogP contribution in [-0.2, 0) is 14.2 Å². The van der Waals surface area contributed by atoms with Crippen molar-refractivity contribution in [3.8, 4) is 0 Å². The molecule has 0 aromatic rings. The van der Waals surface area contributed by atoms with Crippen molar-refractivity contribution in [1.29, 1.82) is 0 Å². The summed E-state index contributed by atoms with van der Waals surface area (Å²) in [6, 6.07) is -1.85. The molecule has 0 heterocycles. The maximum atomic E-state index is 11.8. The van der Waals surface area contributed by atoms with Crippen LogP contribution in [0, 0.1) is 0 Å². The van der Waals surface area contributed by atoms with Crippen molar-refractivity contribution < 1.29 is 23.9 Å². The molecule has 0 rings (SSSR count). The van der Waals surface area contributed by atoms with Crippen LogP contribution in [0.3, 0.4) is 0 Å². The molecule has 3 atom stereocenters. The number of nitrogens with one attached hydrogen (secondary N) is 2. The first-order valence-corrected chi connectivity index (χ1v) is 8.32. The van der Waals surface area contributed by atoms with E-state index >= 15 is 0 Å². The molecule has 0 spiro atoms. The summed E-state index contributed by atoms with van der Waals surface area (Å²) >= 11 is 5.58. The number of rotatable bonds is 8. The first-order valence-electron chi connectivity index (χ1n) is 6.11. The molecule has 20 heavy (non-hydrogen) atoms. The van der Waals surface area contributed by atoms with Crippen LogP contribution in [0.5, 0.6) is 0 Å². The highest BCUT2D eigenvalue weighted by Crippen LogP contribution is 2.39. The number of nitrogens with two attached hydrogens (primary N) is 1. The van der Waals surface area contributed by atoms with Crippen molar-refractivity contribution >= 4 is 31.0 Å². The number of carbonyl (C=O) groups excluding carboxylic acids is 2. The van der Waals surface area contributed by atoms with Gasteiger partial charge in [-0.25, -0.2) is 0 Å². The van der Waals surface area contributed by atoms with Crippen LogP contribution in [0.15, 0.2) is 0 Å². The fourth-order valence-corrected chi connectivity index (χ4v) is 1.80. The molecule has 0 aliphatic carbocycles. The Kier molecular flexibility index (Phi) is 8.30. The number of alkyl halides is 1. The summed E-state index contributed by atoms with van der Waals surface area (Å²) < 4.78 is 10.9.